The molecule has 3 heteroatoms. The van der Waals surface area contributed by atoms with Gasteiger partial charge in [-0.15, -0.1) is 0 Å². The maximum absolute atomic E-state index is 5.60. The molecule has 3 nitrogen and oxygen atoms in total. The number of hydrogen-bond acceptors (Lipinski definition) is 3. The van der Waals surface area contributed by atoms with Gasteiger partial charge in [-0.05, 0) is 32.9 Å². The van der Waals surface area contributed by atoms with Crippen molar-refractivity contribution in [2.75, 3.05) is 13.1 Å². The van der Waals surface area contributed by atoms with Crippen molar-refractivity contribution in [3.63, 3.8) is 0 Å². The van der Waals surface area contributed by atoms with E-state index in [0.717, 1.165) is 24.5 Å². The van der Waals surface area contributed by atoms with Crippen molar-refractivity contribution in [1.82, 2.24) is 5.32 Å². The Morgan fingerprint density at radius 2 is 2.14 bits per heavy atom. The van der Waals surface area contributed by atoms with Crippen molar-refractivity contribution in [1.29, 1.82) is 0 Å². The van der Waals surface area contributed by atoms with Gasteiger partial charge in [0.15, 0.2) is 0 Å². The molecule has 0 bridgehead atoms. The second-order valence-electron chi connectivity index (χ2n) is 4.28. The summed E-state index contributed by atoms with van der Waals surface area (Å²) in [5.41, 5.74) is 5.62. The van der Waals surface area contributed by atoms with Crippen molar-refractivity contribution in [3.05, 3.63) is 23.7 Å². The van der Waals surface area contributed by atoms with Crippen LogP contribution in [0.1, 0.15) is 25.4 Å². The summed E-state index contributed by atoms with van der Waals surface area (Å²) in [6.45, 7) is 7.70. The van der Waals surface area contributed by atoms with E-state index in [0.29, 0.717) is 6.54 Å². The molecule has 0 aliphatic heterocycles. The van der Waals surface area contributed by atoms with Gasteiger partial charge in [0.2, 0.25) is 0 Å². The second-order valence-corrected chi connectivity index (χ2v) is 4.28. The fourth-order valence-electron chi connectivity index (χ4n) is 1.22. The lowest BCUT2D eigenvalue weighted by Gasteiger charge is -2.23. The average molecular weight is 196 g/mol. The summed E-state index contributed by atoms with van der Waals surface area (Å²) in [6.07, 6.45) is 0.914. The average Bonchev–Trinajstić information content (AvgIpc) is 2.51. The van der Waals surface area contributed by atoms with Gasteiger partial charge in [0, 0.05) is 25.0 Å². The molecule has 0 saturated carbocycles. The lowest BCUT2D eigenvalue weighted by atomic mass is 10.1. The standard InChI is InChI=1S/C11H20N2O/c1-9-4-5-10(14-9)6-7-13-11(2,3)8-12/h4-5,13H,6-8,12H2,1-3H3. The van der Waals surface area contributed by atoms with Crippen LogP contribution in [0.5, 0.6) is 0 Å². The van der Waals surface area contributed by atoms with Gasteiger partial charge in [0.1, 0.15) is 11.5 Å². The fourth-order valence-corrected chi connectivity index (χ4v) is 1.22. The predicted octanol–water partition coefficient (Wildman–Crippen LogP) is 1.46. The molecule has 0 aliphatic carbocycles. The summed E-state index contributed by atoms with van der Waals surface area (Å²) in [5, 5.41) is 3.38. The number of rotatable bonds is 5. The molecule has 0 saturated heterocycles. The molecule has 1 rings (SSSR count). The van der Waals surface area contributed by atoms with Gasteiger partial charge in [-0.2, -0.15) is 0 Å². The molecule has 80 valence electrons. The Kier molecular flexibility index (Phi) is 3.72. The molecular weight excluding hydrogens is 176 g/mol. The van der Waals surface area contributed by atoms with Crippen molar-refractivity contribution in [3.8, 4) is 0 Å². The first-order valence-electron chi connectivity index (χ1n) is 5.04. The van der Waals surface area contributed by atoms with Gasteiger partial charge in [0.05, 0.1) is 0 Å². The topological polar surface area (TPSA) is 51.2 Å². The quantitative estimate of drug-likeness (QED) is 0.749. The number of nitrogens with two attached hydrogens (primary N) is 1. The molecule has 14 heavy (non-hydrogen) atoms. The van der Waals surface area contributed by atoms with Crippen LogP contribution in [0.2, 0.25) is 0 Å². The first-order chi connectivity index (χ1) is 6.53. The van der Waals surface area contributed by atoms with E-state index < -0.39 is 0 Å². The lowest BCUT2D eigenvalue weighted by molar-refractivity contribution is 0.389. The summed E-state index contributed by atoms with van der Waals surface area (Å²) in [7, 11) is 0. The minimum atomic E-state index is 0.0155. The van der Waals surface area contributed by atoms with E-state index in [-0.39, 0.29) is 5.54 Å². The third-order valence-electron chi connectivity index (χ3n) is 2.28. The lowest BCUT2D eigenvalue weighted by Crippen LogP contribution is -2.46. The van der Waals surface area contributed by atoms with E-state index in [1.54, 1.807) is 0 Å². The van der Waals surface area contributed by atoms with Crippen LogP contribution >= 0.6 is 0 Å². The Hall–Kier alpha value is -0.800. The maximum Gasteiger partial charge on any atom is 0.105 e. The molecule has 1 heterocycles. The highest BCUT2D eigenvalue weighted by molar-refractivity contribution is 5.05. The van der Waals surface area contributed by atoms with Gasteiger partial charge in [-0.3, -0.25) is 0 Å². The van der Waals surface area contributed by atoms with Gasteiger partial charge in [0.25, 0.3) is 0 Å². The monoisotopic (exact) mass is 196 g/mol. The Bertz CT molecular complexity index is 279. The van der Waals surface area contributed by atoms with Crippen LogP contribution in [0, 0.1) is 6.92 Å². The summed E-state index contributed by atoms with van der Waals surface area (Å²) < 4.78 is 5.46. The molecule has 0 aliphatic rings. The maximum atomic E-state index is 5.60. The Labute approximate surface area is 85.7 Å². The minimum absolute atomic E-state index is 0.0155. The number of nitrogens with one attached hydrogen (secondary N) is 1. The zero-order valence-corrected chi connectivity index (χ0v) is 9.26. The number of hydrogen-bond donors (Lipinski definition) is 2. The van der Waals surface area contributed by atoms with Gasteiger partial charge in [-0.25, -0.2) is 0 Å². The third kappa shape index (κ3) is 3.52. The molecule has 0 spiro atoms. The summed E-state index contributed by atoms with van der Waals surface area (Å²) >= 11 is 0. The Balaban J connectivity index is 2.28. The van der Waals surface area contributed by atoms with Crippen LogP contribution < -0.4 is 11.1 Å². The van der Waals surface area contributed by atoms with Crippen LogP contribution in [0.4, 0.5) is 0 Å². The minimum Gasteiger partial charge on any atom is -0.466 e. The Morgan fingerprint density at radius 1 is 1.43 bits per heavy atom. The SMILES string of the molecule is Cc1ccc(CCNC(C)(C)CN)o1. The summed E-state index contributed by atoms with van der Waals surface area (Å²) in [4.78, 5) is 0. The molecule has 0 unspecified atom stereocenters. The highest BCUT2D eigenvalue weighted by atomic mass is 16.3. The molecule has 3 N–H and O–H groups in total. The Morgan fingerprint density at radius 3 is 2.64 bits per heavy atom. The van der Waals surface area contributed by atoms with Crippen LogP contribution in [0.15, 0.2) is 16.5 Å². The van der Waals surface area contributed by atoms with Crippen LogP contribution in [0.25, 0.3) is 0 Å². The summed E-state index contributed by atoms with van der Waals surface area (Å²) in [5.74, 6) is 2.00. The first kappa shape index (κ1) is 11.3. The van der Waals surface area contributed by atoms with Crippen molar-refractivity contribution >= 4 is 0 Å². The van der Waals surface area contributed by atoms with E-state index in [2.05, 4.69) is 19.2 Å². The first-order valence-corrected chi connectivity index (χ1v) is 5.04. The predicted molar refractivity (Wildman–Crippen MR) is 58.3 cm³/mol. The van der Waals surface area contributed by atoms with E-state index in [1.807, 2.05) is 19.1 Å². The van der Waals surface area contributed by atoms with Crippen LogP contribution in [0.3, 0.4) is 0 Å². The van der Waals surface area contributed by atoms with E-state index >= 15 is 0 Å². The highest BCUT2D eigenvalue weighted by Gasteiger charge is 2.13. The third-order valence-corrected chi connectivity index (χ3v) is 2.28. The van der Waals surface area contributed by atoms with E-state index in [9.17, 15) is 0 Å². The highest BCUT2D eigenvalue weighted by Crippen LogP contribution is 2.07. The van der Waals surface area contributed by atoms with Crippen molar-refractivity contribution in [2.45, 2.75) is 32.7 Å². The summed E-state index contributed by atoms with van der Waals surface area (Å²) in [6, 6.07) is 4.01. The smallest absolute Gasteiger partial charge is 0.105 e. The molecule has 1 aromatic heterocycles. The molecular formula is C11H20N2O. The molecule has 0 aromatic carbocycles. The van der Waals surface area contributed by atoms with E-state index in [4.69, 9.17) is 10.2 Å². The molecule has 1 aromatic rings. The molecule has 0 atom stereocenters. The molecule has 0 amide bonds. The van der Waals surface area contributed by atoms with E-state index in [1.165, 1.54) is 0 Å². The normalized spacial score (nSPS) is 12.0. The second kappa shape index (κ2) is 4.62. The van der Waals surface area contributed by atoms with Gasteiger partial charge in [-0.1, -0.05) is 0 Å². The zero-order valence-electron chi connectivity index (χ0n) is 9.26. The van der Waals surface area contributed by atoms with Gasteiger partial charge >= 0.3 is 0 Å². The van der Waals surface area contributed by atoms with Crippen LogP contribution in [-0.2, 0) is 6.42 Å². The van der Waals surface area contributed by atoms with Gasteiger partial charge < -0.3 is 15.5 Å². The zero-order chi connectivity index (χ0) is 10.6. The molecule has 0 radical (unpaired) electrons. The van der Waals surface area contributed by atoms with Crippen molar-refractivity contribution < 1.29 is 4.42 Å². The molecule has 0 fully saturated rings. The number of furan rings is 1. The number of aryl methyl sites for hydroxylation is 1. The fraction of sp³-hybridized carbons (Fsp3) is 0.636. The van der Waals surface area contributed by atoms with Crippen molar-refractivity contribution in [2.24, 2.45) is 5.73 Å². The van der Waals surface area contributed by atoms with Crippen LogP contribution in [-0.4, -0.2) is 18.6 Å². The largest absolute Gasteiger partial charge is 0.466 e.